The SMILES string of the molecule is CCCn1cncc1CNCCn1cccn1. The molecule has 0 atom stereocenters. The van der Waals surface area contributed by atoms with Crippen molar-refractivity contribution >= 4 is 0 Å². The van der Waals surface area contributed by atoms with E-state index in [4.69, 9.17) is 0 Å². The van der Waals surface area contributed by atoms with E-state index in [0.717, 1.165) is 32.6 Å². The number of aromatic nitrogens is 4. The van der Waals surface area contributed by atoms with Crippen molar-refractivity contribution in [3.8, 4) is 0 Å². The van der Waals surface area contributed by atoms with Gasteiger partial charge in [0.25, 0.3) is 0 Å². The van der Waals surface area contributed by atoms with Gasteiger partial charge in [-0.1, -0.05) is 6.92 Å². The van der Waals surface area contributed by atoms with Crippen molar-refractivity contribution in [1.29, 1.82) is 0 Å². The van der Waals surface area contributed by atoms with Gasteiger partial charge in [0, 0.05) is 38.2 Å². The number of imidazole rings is 1. The lowest BCUT2D eigenvalue weighted by Gasteiger charge is -2.08. The zero-order valence-corrected chi connectivity index (χ0v) is 10.2. The highest BCUT2D eigenvalue weighted by Crippen LogP contribution is 2.00. The summed E-state index contributed by atoms with van der Waals surface area (Å²) in [5.41, 5.74) is 1.24. The van der Waals surface area contributed by atoms with Gasteiger partial charge in [-0.15, -0.1) is 0 Å². The Bertz CT molecular complexity index is 418. The zero-order valence-electron chi connectivity index (χ0n) is 10.2. The van der Waals surface area contributed by atoms with Crippen molar-refractivity contribution < 1.29 is 0 Å². The van der Waals surface area contributed by atoms with Crippen LogP contribution in [0.4, 0.5) is 0 Å². The second kappa shape index (κ2) is 6.20. The topological polar surface area (TPSA) is 47.7 Å². The zero-order chi connectivity index (χ0) is 11.9. The van der Waals surface area contributed by atoms with Gasteiger partial charge in [-0.25, -0.2) is 4.98 Å². The Morgan fingerprint density at radius 2 is 2.29 bits per heavy atom. The molecule has 2 rings (SSSR count). The van der Waals surface area contributed by atoms with Gasteiger partial charge < -0.3 is 9.88 Å². The van der Waals surface area contributed by atoms with Gasteiger partial charge >= 0.3 is 0 Å². The lowest BCUT2D eigenvalue weighted by molar-refractivity contribution is 0.538. The summed E-state index contributed by atoms with van der Waals surface area (Å²) < 4.78 is 4.12. The van der Waals surface area contributed by atoms with E-state index in [0.29, 0.717) is 0 Å². The Kier molecular flexibility index (Phi) is 4.32. The quantitative estimate of drug-likeness (QED) is 0.733. The predicted molar refractivity (Wildman–Crippen MR) is 66.5 cm³/mol. The molecule has 0 aliphatic rings. The van der Waals surface area contributed by atoms with Gasteiger partial charge in [0.1, 0.15) is 0 Å². The molecular weight excluding hydrogens is 214 g/mol. The van der Waals surface area contributed by atoms with Crippen molar-refractivity contribution in [2.24, 2.45) is 0 Å². The van der Waals surface area contributed by atoms with Gasteiger partial charge in [0.05, 0.1) is 18.6 Å². The van der Waals surface area contributed by atoms with Crippen LogP contribution in [0, 0.1) is 0 Å². The van der Waals surface area contributed by atoms with Crippen LogP contribution >= 0.6 is 0 Å². The molecule has 2 aromatic heterocycles. The maximum absolute atomic E-state index is 4.17. The summed E-state index contributed by atoms with van der Waals surface area (Å²) in [6.45, 7) is 5.89. The van der Waals surface area contributed by atoms with Crippen LogP contribution in [0.15, 0.2) is 31.0 Å². The molecule has 0 saturated heterocycles. The first-order chi connectivity index (χ1) is 8.40. The van der Waals surface area contributed by atoms with E-state index in [1.54, 1.807) is 6.20 Å². The molecule has 0 unspecified atom stereocenters. The van der Waals surface area contributed by atoms with E-state index in [1.165, 1.54) is 5.69 Å². The maximum Gasteiger partial charge on any atom is 0.0948 e. The highest BCUT2D eigenvalue weighted by Gasteiger charge is 2.00. The van der Waals surface area contributed by atoms with Gasteiger partial charge in [0.2, 0.25) is 0 Å². The molecule has 5 nitrogen and oxygen atoms in total. The molecule has 0 amide bonds. The smallest absolute Gasteiger partial charge is 0.0948 e. The molecule has 0 fully saturated rings. The monoisotopic (exact) mass is 233 g/mol. The molecule has 0 aromatic carbocycles. The minimum Gasteiger partial charge on any atom is -0.333 e. The minimum absolute atomic E-state index is 0.862. The van der Waals surface area contributed by atoms with Crippen molar-refractivity contribution in [3.63, 3.8) is 0 Å². The fourth-order valence-corrected chi connectivity index (χ4v) is 1.78. The predicted octanol–water partition coefficient (Wildman–Crippen LogP) is 1.28. The summed E-state index contributed by atoms with van der Waals surface area (Å²) in [7, 11) is 0. The normalized spacial score (nSPS) is 10.9. The van der Waals surface area contributed by atoms with E-state index in [1.807, 2.05) is 29.5 Å². The number of nitrogens with zero attached hydrogens (tertiary/aromatic N) is 4. The third kappa shape index (κ3) is 3.42. The van der Waals surface area contributed by atoms with Crippen LogP contribution in [0.25, 0.3) is 0 Å². The fraction of sp³-hybridized carbons (Fsp3) is 0.500. The molecule has 0 saturated carbocycles. The number of nitrogens with one attached hydrogen (secondary N) is 1. The second-order valence-corrected chi connectivity index (χ2v) is 4.02. The van der Waals surface area contributed by atoms with Crippen LogP contribution in [0.2, 0.25) is 0 Å². The van der Waals surface area contributed by atoms with Crippen LogP contribution < -0.4 is 5.32 Å². The van der Waals surface area contributed by atoms with Crippen molar-refractivity contribution in [2.75, 3.05) is 6.54 Å². The summed E-state index contributed by atoms with van der Waals surface area (Å²) in [5, 5.41) is 7.56. The molecule has 0 spiro atoms. The molecule has 2 heterocycles. The average Bonchev–Trinajstić information content (AvgIpc) is 2.96. The Labute approximate surface area is 101 Å². The Balaban J connectivity index is 1.72. The molecule has 0 aliphatic carbocycles. The fourth-order valence-electron chi connectivity index (χ4n) is 1.78. The molecule has 0 radical (unpaired) electrons. The lowest BCUT2D eigenvalue weighted by Crippen LogP contribution is -2.21. The first kappa shape index (κ1) is 11.9. The highest BCUT2D eigenvalue weighted by molar-refractivity contribution is 4.97. The lowest BCUT2D eigenvalue weighted by atomic mass is 10.4. The summed E-state index contributed by atoms with van der Waals surface area (Å²) >= 11 is 0. The molecule has 2 aromatic rings. The van der Waals surface area contributed by atoms with Gasteiger partial charge in [0.15, 0.2) is 0 Å². The van der Waals surface area contributed by atoms with Crippen LogP contribution in [0.1, 0.15) is 19.0 Å². The maximum atomic E-state index is 4.17. The number of hydrogen-bond donors (Lipinski definition) is 1. The third-order valence-electron chi connectivity index (χ3n) is 2.65. The minimum atomic E-state index is 0.862. The first-order valence-corrected chi connectivity index (χ1v) is 6.07. The van der Waals surface area contributed by atoms with E-state index >= 15 is 0 Å². The molecule has 0 aliphatic heterocycles. The second-order valence-electron chi connectivity index (χ2n) is 4.02. The van der Waals surface area contributed by atoms with Crippen LogP contribution in [-0.2, 0) is 19.6 Å². The summed E-state index contributed by atoms with van der Waals surface area (Å²) in [6, 6.07) is 1.94. The molecule has 17 heavy (non-hydrogen) atoms. The van der Waals surface area contributed by atoms with Crippen LogP contribution in [-0.4, -0.2) is 25.9 Å². The van der Waals surface area contributed by atoms with E-state index in [2.05, 4.69) is 26.9 Å². The largest absolute Gasteiger partial charge is 0.333 e. The van der Waals surface area contributed by atoms with Crippen molar-refractivity contribution in [3.05, 3.63) is 36.7 Å². The van der Waals surface area contributed by atoms with Gasteiger partial charge in [-0.2, -0.15) is 5.10 Å². The van der Waals surface area contributed by atoms with Crippen molar-refractivity contribution in [2.45, 2.75) is 33.0 Å². The van der Waals surface area contributed by atoms with Crippen molar-refractivity contribution in [1.82, 2.24) is 24.6 Å². The average molecular weight is 233 g/mol. The Morgan fingerprint density at radius 3 is 3.06 bits per heavy atom. The van der Waals surface area contributed by atoms with Crippen LogP contribution in [0.3, 0.4) is 0 Å². The molecular formula is C12H19N5. The van der Waals surface area contributed by atoms with Gasteiger partial charge in [-0.3, -0.25) is 4.68 Å². The number of rotatable bonds is 7. The Morgan fingerprint density at radius 1 is 1.35 bits per heavy atom. The van der Waals surface area contributed by atoms with Gasteiger partial charge in [-0.05, 0) is 12.5 Å². The molecule has 0 bridgehead atoms. The van der Waals surface area contributed by atoms with E-state index in [9.17, 15) is 0 Å². The summed E-state index contributed by atoms with van der Waals surface area (Å²) in [5.74, 6) is 0. The third-order valence-corrected chi connectivity index (χ3v) is 2.65. The molecule has 1 N–H and O–H groups in total. The highest BCUT2D eigenvalue weighted by atomic mass is 15.3. The van der Waals surface area contributed by atoms with Crippen LogP contribution in [0.5, 0.6) is 0 Å². The number of hydrogen-bond acceptors (Lipinski definition) is 3. The standard InChI is InChI=1S/C12H19N5/c1-2-6-16-11-14-10-12(16)9-13-5-8-17-7-3-4-15-17/h3-4,7,10-11,13H,2,5-6,8-9H2,1H3. The molecule has 5 heteroatoms. The Hall–Kier alpha value is -1.62. The molecule has 92 valence electrons. The first-order valence-electron chi connectivity index (χ1n) is 6.07. The van der Waals surface area contributed by atoms with E-state index in [-0.39, 0.29) is 0 Å². The van der Waals surface area contributed by atoms with E-state index < -0.39 is 0 Å². The summed E-state index contributed by atoms with van der Waals surface area (Å²) in [4.78, 5) is 4.17. The summed E-state index contributed by atoms with van der Waals surface area (Å²) in [6.07, 6.45) is 8.74. The number of aryl methyl sites for hydroxylation is 1.